The summed E-state index contributed by atoms with van der Waals surface area (Å²) in [5, 5.41) is 9.32. The van der Waals surface area contributed by atoms with E-state index in [-0.39, 0.29) is 11.4 Å². The molecule has 2 aromatic carbocycles. The quantitative estimate of drug-likeness (QED) is 0.535. The lowest BCUT2D eigenvalue weighted by molar-refractivity contribution is -0.129. The smallest absolute Gasteiger partial charge is 0.263 e. The van der Waals surface area contributed by atoms with E-state index in [0.717, 1.165) is 6.26 Å². The minimum absolute atomic E-state index is 0.155. The third kappa shape index (κ3) is 3.51. The number of aromatic nitrogens is 2. The summed E-state index contributed by atoms with van der Waals surface area (Å²) in [5.41, 5.74) is 3.47. The fourth-order valence-electron chi connectivity index (χ4n) is 2.51. The number of halogens is 1. The van der Waals surface area contributed by atoms with Gasteiger partial charge in [0.25, 0.3) is 5.91 Å². The van der Waals surface area contributed by atoms with E-state index in [2.05, 4.69) is 4.98 Å². The van der Waals surface area contributed by atoms with Gasteiger partial charge < -0.3 is 4.57 Å². The molecule has 0 bridgehead atoms. The maximum Gasteiger partial charge on any atom is 0.263 e. The van der Waals surface area contributed by atoms with Crippen LogP contribution in [-0.4, -0.2) is 35.3 Å². The van der Waals surface area contributed by atoms with Crippen LogP contribution in [0.3, 0.4) is 0 Å². The monoisotopic (exact) mass is 379 g/mol. The summed E-state index contributed by atoms with van der Waals surface area (Å²) < 4.78 is 24.8. The van der Waals surface area contributed by atoms with Gasteiger partial charge in [0, 0.05) is 16.8 Å². The van der Waals surface area contributed by atoms with Crippen LogP contribution < -0.4 is 5.48 Å². The Labute approximate surface area is 148 Å². The maximum absolute atomic E-state index is 11.6. The first-order chi connectivity index (χ1) is 11.8. The summed E-state index contributed by atoms with van der Waals surface area (Å²) >= 11 is 6.00. The highest BCUT2D eigenvalue weighted by Gasteiger charge is 2.16. The molecule has 2 N–H and O–H groups in total. The molecule has 0 saturated heterocycles. The Bertz CT molecular complexity index is 1060. The second kappa shape index (κ2) is 6.47. The Kier molecular flexibility index (Phi) is 4.51. The molecular weight excluding hydrogens is 366 g/mol. The van der Waals surface area contributed by atoms with Crippen molar-refractivity contribution in [2.45, 2.75) is 11.4 Å². The van der Waals surface area contributed by atoms with Crippen molar-refractivity contribution in [1.29, 1.82) is 0 Å². The van der Waals surface area contributed by atoms with E-state index in [1.54, 1.807) is 40.4 Å². The minimum Gasteiger partial charge on any atom is -0.314 e. The second-order valence-electron chi connectivity index (χ2n) is 5.49. The van der Waals surface area contributed by atoms with Crippen LogP contribution in [0.4, 0.5) is 0 Å². The van der Waals surface area contributed by atoms with Crippen molar-refractivity contribution in [3.05, 3.63) is 47.5 Å². The number of nitrogens with one attached hydrogen (secondary N) is 1. The van der Waals surface area contributed by atoms with Crippen LogP contribution in [0.5, 0.6) is 0 Å². The molecule has 1 amide bonds. The van der Waals surface area contributed by atoms with Crippen molar-refractivity contribution in [3.8, 4) is 11.4 Å². The molecule has 9 heteroatoms. The first kappa shape index (κ1) is 17.4. The summed E-state index contributed by atoms with van der Waals surface area (Å²) in [5.74, 6) is -0.149. The molecule has 3 rings (SSSR count). The Balaban J connectivity index is 2.17. The molecule has 0 unspecified atom stereocenters. The number of hydroxylamine groups is 1. The molecule has 0 fully saturated rings. The van der Waals surface area contributed by atoms with Gasteiger partial charge in [0.15, 0.2) is 9.84 Å². The highest BCUT2D eigenvalue weighted by Crippen LogP contribution is 2.27. The zero-order chi connectivity index (χ0) is 18.2. The van der Waals surface area contributed by atoms with E-state index in [0.29, 0.717) is 27.4 Å². The molecule has 3 aromatic rings. The summed E-state index contributed by atoms with van der Waals surface area (Å²) in [7, 11) is -3.31. The number of hydrogen-bond acceptors (Lipinski definition) is 5. The SMILES string of the molecule is CS(=O)(=O)c1ccc(-c2nc3cc(Cl)ccc3n2CC(=O)NO)cc1. The topological polar surface area (TPSA) is 101 Å². The van der Waals surface area contributed by atoms with Crippen LogP contribution in [0.2, 0.25) is 5.02 Å². The number of fused-ring (bicyclic) bond motifs is 1. The van der Waals surface area contributed by atoms with Gasteiger partial charge >= 0.3 is 0 Å². The van der Waals surface area contributed by atoms with Crippen molar-refractivity contribution < 1.29 is 18.4 Å². The molecule has 0 spiro atoms. The van der Waals surface area contributed by atoms with Gasteiger partial charge in [-0.2, -0.15) is 0 Å². The van der Waals surface area contributed by atoms with E-state index < -0.39 is 15.7 Å². The number of sulfone groups is 1. The van der Waals surface area contributed by atoms with Crippen molar-refractivity contribution in [2.75, 3.05) is 6.26 Å². The maximum atomic E-state index is 11.6. The Morgan fingerprint density at radius 2 is 1.92 bits per heavy atom. The van der Waals surface area contributed by atoms with E-state index in [4.69, 9.17) is 16.8 Å². The van der Waals surface area contributed by atoms with Gasteiger partial charge in [-0.1, -0.05) is 11.6 Å². The van der Waals surface area contributed by atoms with E-state index >= 15 is 0 Å². The average molecular weight is 380 g/mol. The van der Waals surface area contributed by atoms with E-state index in [9.17, 15) is 13.2 Å². The van der Waals surface area contributed by atoms with Crippen LogP contribution in [-0.2, 0) is 21.2 Å². The average Bonchev–Trinajstić information content (AvgIpc) is 2.91. The molecular formula is C16H14ClN3O4S. The first-order valence-electron chi connectivity index (χ1n) is 7.19. The largest absolute Gasteiger partial charge is 0.314 e. The van der Waals surface area contributed by atoms with Crippen LogP contribution >= 0.6 is 11.6 Å². The third-order valence-corrected chi connectivity index (χ3v) is 5.04. The van der Waals surface area contributed by atoms with Gasteiger partial charge in [0.2, 0.25) is 0 Å². The predicted octanol–water partition coefficient (Wildman–Crippen LogP) is 2.27. The van der Waals surface area contributed by atoms with Gasteiger partial charge in [-0.05, 0) is 42.5 Å². The molecule has 0 aliphatic carbocycles. The lowest BCUT2D eigenvalue weighted by Crippen LogP contribution is -2.24. The summed E-state index contributed by atoms with van der Waals surface area (Å²) in [6, 6.07) is 11.3. The summed E-state index contributed by atoms with van der Waals surface area (Å²) in [4.78, 5) is 16.3. The molecule has 130 valence electrons. The van der Waals surface area contributed by atoms with Crippen molar-refractivity contribution in [2.24, 2.45) is 0 Å². The molecule has 0 atom stereocenters. The van der Waals surface area contributed by atoms with Crippen LogP contribution in [0.25, 0.3) is 22.4 Å². The highest BCUT2D eigenvalue weighted by atomic mass is 35.5. The van der Waals surface area contributed by atoms with Gasteiger partial charge in [-0.3, -0.25) is 10.0 Å². The molecule has 25 heavy (non-hydrogen) atoms. The Morgan fingerprint density at radius 1 is 1.24 bits per heavy atom. The number of carbonyl (C=O) groups is 1. The van der Waals surface area contributed by atoms with Gasteiger partial charge in [0.05, 0.1) is 15.9 Å². The highest BCUT2D eigenvalue weighted by molar-refractivity contribution is 7.90. The number of benzene rings is 2. The number of rotatable bonds is 4. The molecule has 0 aliphatic heterocycles. The van der Waals surface area contributed by atoms with Crippen molar-refractivity contribution in [3.63, 3.8) is 0 Å². The second-order valence-corrected chi connectivity index (χ2v) is 7.94. The molecule has 0 radical (unpaired) electrons. The number of carbonyl (C=O) groups excluding carboxylic acids is 1. The number of nitrogens with zero attached hydrogens (tertiary/aromatic N) is 2. The third-order valence-electron chi connectivity index (χ3n) is 3.68. The molecule has 1 aromatic heterocycles. The lowest BCUT2D eigenvalue weighted by Gasteiger charge is -2.08. The lowest BCUT2D eigenvalue weighted by atomic mass is 10.2. The predicted molar refractivity (Wildman–Crippen MR) is 93.2 cm³/mol. The number of amides is 1. The molecule has 1 heterocycles. The molecule has 0 aliphatic rings. The van der Waals surface area contributed by atoms with Gasteiger partial charge in [-0.25, -0.2) is 18.9 Å². The molecule has 0 saturated carbocycles. The zero-order valence-corrected chi connectivity index (χ0v) is 14.7. The minimum atomic E-state index is -3.31. The van der Waals surface area contributed by atoms with Crippen LogP contribution in [0.1, 0.15) is 0 Å². The fourth-order valence-corrected chi connectivity index (χ4v) is 3.31. The standard InChI is InChI=1S/C16H14ClN3O4S/c1-25(23,24)12-5-2-10(3-6-12)16-18-13-8-11(17)4-7-14(13)20(16)9-15(21)19-22/h2-8,22H,9H2,1H3,(H,19,21). The van der Waals surface area contributed by atoms with Crippen LogP contribution in [0.15, 0.2) is 47.4 Å². The number of imidazole rings is 1. The van der Waals surface area contributed by atoms with E-state index in [1.807, 2.05) is 0 Å². The van der Waals surface area contributed by atoms with Gasteiger partial charge in [0.1, 0.15) is 12.4 Å². The zero-order valence-electron chi connectivity index (χ0n) is 13.1. The van der Waals surface area contributed by atoms with E-state index in [1.165, 1.54) is 12.1 Å². The summed E-state index contributed by atoms with van der Waals surface area (Å²) in [6.07, 6.45) is 1.13. The fraction of sp³-hybridized carbons (Fsp3) is 0.125. The van der Waals surface area contributed by atoms with Crippen molar-refractivity contribution in [1.82, 2.24) is 15.0 Å². The molecule has 7 nitrogen and oxygen atoms in total. The Hall–Kier alpha value is -2.42. The normalized spacial score (nSPS) is 11.6. The first-order valence-corrected chi connectivity index (χ1v) is 9.46. The van der Waals surface area contributed by atoms with Crippen LogP contribution in [0, 0.1) is 0 Å². The van der Waals surface area contributed by atoms with Gasteiger partial charge in [-0.15, -0.1) is 0 Å². The van der Waals surface area contributed by atoms with Crippen molar-refractivity contribution >= 4 is 38.4 Å². The Morgan fingerprint density at radius 3 is 2.52 bits per heavy atom. The number of hydrogen-bond donors (Lipinski definition) is 2. The summed E-state index contributed by atoms with van der Waals surface area (Å²) in [6.45, 7) is -0.155.